The zero-order valence-corrected chi connectivity index (χ0v) is 19.5. The van der Waals surface area contributed by atoms with Crippen LogP contribution in [0.2, 0.25) is 5.02 Å². The molecule has 164 valence electrons. The van der Waals surface area contributed by atoms with Gasteiger partial charge in [-0.05, 0) is 41.8 Å². The van der Waals surface area contributed by atoms with E-state index in [1.165, 1.54) is 23.0 Å². The molecular formula is C22H18ClN3O4S2. The summed E-state index contributed by atoms with van der Waals surface area (Å²) in [5.41, 5.74) is 1.50. The molecule has 0 saturated heterocycles. The SMILES string of the molecule is COc1ccc(NC(=O)CSc2nc3ccsc3c(=O)n2-c2cccc(Cl)c2)c(OC)c1. The van der Waals surface area contributed by atoms with Gasteiger partial charge < -0.3 is 14.8 Å². The number of amides is 1. The Labute approximate surface area is 197 Å². The normalized spacial score (nSPS) is 10.8. The number of methoxy groups -OCH3 is 2. The van der Waals surface area contributed by atoms with Gasteiger partial charge in [-0.15, -0.1) is 11.3 Å². The van der Waals surface area contributed by atoms with Gasteiger partial charge in [0.25, 0.3) is 5.56 Å². The number of carbonyl (C=O) groups is 1. The average Bonchev–Trinajstić information content (AvgIpc) is 3.27. The van der Waals surface area contributed by atoms with Gasteiger partial charge in [0, 0.05) is 11.1 Å². The standard InChI is InChI=1S/C22H18ClN3O4S2/c1-29-15-6-7-16(18(11-15)30-2)24-19(27)12-32-22-25-17-8-9-31-20(17)21(28)26(22)14-5-3-4-13(23)10-14/h3-11H,12H2,1-2H3,(H,24,27). The molecule has 2 heterocycles. The topological polar surface area (TPSA) is 82.5 Å². The van der Waals surface area contributed by atoms with Crippen LogP contribution >= 0.6 is 34.7 Å². The molecule has 0 saturated carbocycles. The van der Waals surface area contributed by atoms with Crippen LogP contribution in [0.1, 0.15) is 0 Å². The van der Waals surface area contributed by atoms with E-state index in [4.69, 9.17) is 21.1 Å². The van der Waals surface area contributed by atoms with Crippen molar-refractivity contribution in [2.75, 3.05) is 25.3 Å². The fourth-order valence-electron chi connectivity index (χ4n) is 3.05. The van der Waals surface area contributed by atoms with Gasteiger partial charge in [-0.1, -0.05) is 29.4 Å². The molecule has 1 amide bonds. The monoisotopic (exact) mass is 487 g/mol. The first-order valence-corrected chi connectivity index (χ1v) is 11.7. The molecule has 7 nitrogen and oxygen atoms in total. The van der Waals surface area contributed by atoms with Gasteiger partial charge in [0.05, 0.1) is 36.9 Å². The van der Waals surface area contributed by atoms with Crippen molar-refractivity contribution < 1.29 is 14.3 Å². The second-order valence-corrected chi connectivity index (χ2v) is 8.85. The van der Waals surface area contributed by atoms with Crippen LogP contribution in [-0.4, -0.2) is 35.4 Å². The van der Waals surface area contributed by atoms with Crippen molar-refractivity contribution in [3.05, 3.63) is 69.3 Å². The highest BCUT2D eigenvalue weighted by molar-refractivity contribution is 7.99. The number of benzene rings is 2. The Hall–Kier alpha value is -3.01. The molecule has 0 radical (unpaired) electrons. The summed E-state index contributed by atoms with van der Waals surface area (Å²) < 4.78 is 12.5. The number of rotatable bonds is 7. The van der Waals surface area contributed by atoms with Crippen LogP contribution in [-0.2, 0) is 4.79 Å². The Bertz CT molecular complexity index is 1350. The van der Waals surface area contributed by atoms with Crippen molar-refractivity contribution >= 4 is 56.5 Å². The van der Waals surface area contributed by atoms with E-state index in [-0.39, 0.29) is 17.2 Å². The van der Waals surface area contributed by atoms with E-state index >= 15 is 0 Å². The third-order valence-electron chi connectivity index (χ3n) is 4.53. The summed E-state index contributed by atoms with van der Waals surface area (Å²) in [6, 6.07) is 13.9. The molecule has 2 aromatic carbocycles. The highest BCUT2D eigenvalue weighted by Gasteiger charge is 2.17. The largest absolute Gasteiger partial charge is 0.497 e. The molecule has 1 N–H and O–H groups in total. The zero-order valence-electron chi connectivity index (χ0n) is 17.1. The van der Waals surface area contributed by atoms with Crippen LogP contribution in [0.3, 0.4) is 0 Å². The number of thioether (sulfide) groups is 1. The van der Waals surface area contributed by atoms with Gasteiger partial charge in [-0.25, -0.2) is 4.98 Å². The Morgan fingerprint density at radius 3 is 2.78 bits per heavy atom. The quantitative estimate of drug-likeness (QED) is 0.296. The smallest absolute Gasteiger partial charge is 0.276 e. The Kier molecular flexibility index (Phi) is 6.69. The summed E-state index contributed by atoms with van der Waals surface area (Å²) in [5, 5.41) is 5.55. The van der Waals surface area contributed by atoms with Crippen LogP contribution in [0.5, 0.6) is 11.5 Å². The van der Waals surface area contributed by atoms with Crippen molar-refractivity contribution in [2.45, 2.75) is 5.16 Å². The second-order valence-electron chi connectivity index (χ2n) is 6.55. The molecule has 0 atom stereocenters. The van der Waals surface area contributed by atoms with E-state index < -0.39 is 0 Å². The number of fused-ring (bicyclic) bond motifs is 1. The number of anilines is 1. The highest BCUT2D eigenvalue weighted by atomic mass is 35.5. The van der Waals surface area contributed by atoms with Gasteiger partial charge >= 0.3 is 0 Å². The summed E-state index contributed by atoms with van der Waals surface area (Å²) in [7, 11) is 3.07. The van der Waals surface area contributed by atoms with Crippen LogP contribution in [0, 0.1) is 0 Å². The highest BCUT2D eigenvalue weighted by Crippen LogP contribution is 2.30. The summed E-state index contributed by atoms with van der Waals surface area (Å²) in [6.07, 6.45) is 0. The predicted octanol–water partition coefficient (Wildman–Crippen LogP) is 4.85. The van der Waals surface area contributed by atoms with Crippen molar-refractivity contribution in [3.8, 4) is 17.2 Å². The molecule has 0 bridgehead atoms. The number of aromatic nitrogens is 2. The number of hydrogen-bond donors (Lipinski definition) is 1. The second kappa shape index (κ2) is 9.64. The molecule has 0 spiro atoms. The van der Waals surface area contributed by atoms with E-state index in [0.717, 1.165) is 11.8 Å². The van der Waals surface area contributed by atoms with Gasteiger partial charge in [0.1, 0.15) is 16.2 Å². The Balaban J connectivity index is 1.61. The number of nitrogens with zero attached hydrogens (tertiary/aromatic N) is 2. The van der Waals surface area contributed by atoms with E-state index in [0.29, 0.717) is 43.3 Å². The van der Waals surface area contributed by atoms with Gasteiger partial charge in [0.2, 0.25) is 5.91 Å². The van der Waals surface area contributed by atoms with Crippen LogP contribution < -0.4 is 20.3 Å². The molecule has 0 aliphatic heterocycles. The van der Waals surface area contributed by atoms with Crippen molar-refractivity contribution in [2.24, 2.45) is 0 Å². The summed E-state index contributed by atoms with van der Waals surface area (Å²) >= 11 is 8.63. The maximum atomic E-state index is 13.1. The molecule has 0 fully saturated rings. The minimum Gasteiger partial charge on any atom is -0.497 e. The van der Waals surface area contributed by atoms with E-state index in [1.807, 2.05) is 5.38 Å². The third-order valence-corrected chi connectivity index (χ3v) is 6.60. The third kappa shape index (κ3) is 4.59. The minimum absolute atomic E-state index is 0.0395. The lowest BCUT2D eigenvalue weighted by Crippen LogP contribution is -2.22. The molecule has 10 heteroatoms. The average molecular weight is 488 g/mol. The van der Waals surface area contributed by atoms with Crippen molar-refractivity contribution in [1.82, 2.24) is 9.55 Å². The first kappa shape index (κ1) is 22.2. The molecular weight excluding hydrogens is 470 g/mol. The lowest BCUT2D eigenvalue weighted by molar-refractivity contribution is -0.113. The van der Waals surface area contributed by atoms with Crippen molar-refractivity contribution in [3.63, 3.8) is 0 Å². The molecule has 4 aromatic rings. The number of nitrogens with one attached hydrogen (secondary N) is 1. The molecule has 0 aliphatic rings. The lowest BCUT2D eigenvalue weighted by Gasteiger charge is -2.13. The Morgan fingerprint density at radius 2 is 2.03 bits per heavy atom. The Morgan fingerprint density at radius 1 is 1.19 bits per heavy atom. The maximum Gasteiger partial charge on any atom is 0.276 e. The predicted molar refractivity (Wildman–Crippen MR) is 129 cm³/mol. The lowest BCUT2D eigenvalue weighted by atomic mass is 10.2. The van der Waals surface area contributed by atoms with Gasteiger partial charge in [0.15, 0.2) is 5.16 Å². The zero-order chi connectivity index (χ0) is 22.7. The number of carbonyl (C=O) groups excluding carboxylic acids is 1. The minimum atomic E-state index is -0.268. The number of halogens is 1. The molecule has 0 aliphatic carbocycles. The number of ether oxygens (including phenoxy) is 2. The van der Waals surface area contributed by atoms with Crippen molar-refractivity contribution in [1.29, 1.82) is 0 Å². The first-order chi connectivity index (χ1) is 15.5. The van der Waals surface area contributed by atoms with Gasteiger partial charge in [-0.2, -0.15) is 0 Å². The maximum absolute atomic E-state index is 13.1. The number of thiophene rings is 1. The fraction of sp³-hybridized carbons (Fsp3) is 0.136. The van der Waals surface area contributed by atoms with Gasteiger partial charge in [-0.3, -0.25) is 14.2 Å². The number of hydrogen-bond acceptors (Lipinski definition) is 7. The van der Waals surface area contributed by atoms with E-state index in [1.54, 1.807) is 55.6 Å². The van der Waals surface area contributed by atoms with E-state index in [2.05, 4.69) is 10.3 Å². The fourth-order valence-corrected chi connectivity index (χ4v) is 4.81. The summed E-state index contributed by atoms with van der Waals surface area (Å²) in [4.78, 5) is 30.4. The van der Waals surface area contributed by atoms with E-state index in [9.17, 15) is 9.59 Å². The molecule has 2 aromatic heterocycles. The van der Waals surface area contributed by atoms with Crippen LogP contribution in [0.25, 0.3) is 15.9 Å². The molecule has 4 rings (SSSR count). The molecule has 0 unspecified atom stereocenters. The van der Waals surface area contributed by atoms with Crippen LogP contribution in [0.4, 0.5) is 5.69 Å². The van der Waals surface area contributed by atoms with Crippen LogP contribution in [0.15, 0.2) is 63.9 Å². The summed E-state index contributed by atoms with van der Waals surface area (Å²) in [5.74, 6) is 0.873. The summed E-state index contributed by atoms with van der Waals surface area (Å²) in [6.45, 7) is 0. The molecule has 32 heavy (non-hydrogen) atoms. The first-order valence-electron chi connectivity index (χ1n) is 9.41.